The molecule has 0 amide bonds. The van der Waals surface area contributed by atoms with E-state index >= 15 is 0 Å². The summed E-state index contributed by atoms with van der Waals surface area (Å²) in [6.07, 6.45) is 2.05. The molecule has 0 radical (unpaired) electrons. The van der Waals surface area contributed by atoms with Gasteiger partial charge >= 0.3 is 5.97 Å². The molecule has 0 aliphatic carbocycles. The largest absolute Gasteiger partial charge is 0.491 e. The van der Waals surface area contributed by atoms with Gasteiger partial charge in [0.25, 0.3) is 0 Å². The molecule has 2 aromatic carbocycles. The van der Waals surface area contributed by atoms with Crippen molar-refractivity contribution in [1.29, 1.82) is 0 Å². The fourth-order valence-electron chi connectivity index (χ4n) is 2.58. The van der Waals surface area contributed by atoms with E-state index in [1.54, 1.807) is 12.1 Å². The Labute approximate surface area is 146 Å². The summed E-state index contributed by atoms with van der Waals surface area (Å²) in [5.74, 6) is 0.0281. The van der Waals surface area contributed by atoms with E-state index in [-0.39, 0.29) is 4.75 Å². The molecule has 2 aromatic rings. The molecule has 3 nitrogen and oxygen atoms in total. The van der Waals surface area contributed by atoms with Crippen LogP contribution < -0.4 is 4.74 Å². The first-order chi connectivity index (χ1) is 11.3. The minimum absolute atomic E-state index is 0.102. The van der Waals surface area contributed by atoms with Gasteiger partial charge in [-0.25, -0.2) is 4.79 Å². The van der Waals surface area contributed by atoms with Crippen LogP contribution in [0.15, 0.2) is 47.4 Å². The molecule has 0 atom stereocenters. The molecule has 1 N–H and O–H groups in total. The highest BCUT2D eigenvalue weighted by Gasteiger charge is 2.27. The maximum absolute atomic E-state index is 10.9. The lowest BCUT2D eigenvalue weighted by Gasteiger charge is -2.30. The summed E-state index contributed by atoms with van der Waals surface area (Å²) in [5.41, 5.74) is 3.49. The summed E-state index contributed by atoms with van der Waals surface area (Å²) in [4.78, 5) is 12.1. The molecule has 1 heterocycles. The van der Waals surface area contributed by atoms with Crippen LogP contribution >= 0.6 is 11.8 Å². The van der Waals surface area contributed by atoms with E-state index in [1.165, 1.54) is 4.90 Å². The lowest BCUT2D eigenvalue weighted by Crippen LogP contribution is -2.28. The van der Waals surface area contributed by atoms with Gasteiger partial charge in [-0.2, -0.15) is 0 Å². The number of ether oxygens (including phenoxy) is 1. The number of hydrogen-bond acceptors (Lipinski definition) is 3. The zero-order valence-corrected chi connectivity index (χ0v) is 14.8. The average molecular weight is 340 g/mol. The molecule has 0 aromatic heterocycles. The minimum Gasteiger partial charge on any atom is -0.491 e. The van der Waals surface area contributed by atoms with Crippen molar-refractivity contribution in [3.05, 3.63) is 59.2 Å². The monoisotopic (exact) mass is 340 g/mol. The van der Waals surface area contributed by atoms with Crippen LogP contribution in [0.25, 0.3) is 11.6 Å². The first-order valence-electron chi connectivity index (χ1n) is 7.82. The van der Waals surface area contributed by atoms with Gasteiger partial charge in [-0.1, -0.05) is 24.3 Å². The quantitative estimate of drug-likeness (QED) is 0.779. The van der Waals surface area contributed by atoms with Crippen LogP contribution in [0.1, 0.15) is 42.3 Å². The first-order valence-corrected chi connectivity index (χ1v) is 8.64. The SMILES string of the molecule is C/C(=C\c1ccc(C(=O)O)cc1)c1ccc2c(c1)OCC(C)(C)S2. The average Bonchev–Trinajstić information content (AvgIpc) is 2.54. The Balaban J connectivity index is 1.85. The van der Waals surface area contributed by atoms with Crippen LogP contribution in [0, 0.1) is 0 Å². The molecular formula is C20H20O3S. The fourth-order valence-corrected chi connectivity index (χ4v) is 3.65. The van der Waals surface area contributed by atoms with Crippen molar-refractivity contribution in [3.8, 4) is 5.75 Å². The molecule has 0 saturated heterocycles. The summed E-state index contributed by atoms with van der Waals surface area (Å²) < 4.78 is 6.01. The normalized spacial score (nSPS) is 16.2. The van der Waals surface area contributed by atoms with Crippen molar-refractivity contribution < 1.29 is 14.6 Å². The Kier molecular flexibility index (Phi) is 4.41. The van der Waals surface area contributed by atoms with E-state index in [2.05, 4.69) is 32.0 Å². The number of carboxylic acid groups (broad SMARTS) is 1. The Morgan fingerprint density at radius 3 is 2.50 bits per heavy atom. The van der Waals surface area contributed by atoms with Gasteiger partial charge in [0.1, 0.15) is 12.4 Å². The number of carboxylic acids is 1. The van der Waals surface area contributed by atoms with E-state index < -0.39 is 5.97 Å². The number of carbonyl (C=O) groups is 1. The Hall–Kier alpha value is -2.20. The van der Waals surface area contributed by atoms with Crippen LogP contribution in [0.4, 0.5) is 0 Å². The zero-order valence-electron chi connectivity index (χ0n) is 14.0. The van der Waals surface area contributed by atoms with E-state index in [1.807, 2.05) is 36.9 Å². The van der Waals surface area contributed by atoms with E-state index in [4.69, 9.17) is 9.84 Å². The van der Waals surface area contributed by atoms with Crippen LogP contribution in [-0.4, -0.2) is 22.4 Å². The lowest BCUT2D eigenvalue weighted by atomic mass is 10.0. The molecule has 0 saturated carbocycles. The fraction of sp³-hybridized carbons (Fsp3) is 0.250. The molecule has 1 aliphatic rings. The van der Waals surface area contributed by atoms with Gasteiger partial charge in [0.2, 0.25) is 0 Å². The molecule has 0 spiro atoms. The van der Waals surface area contributed by atoms with Crippen LogP contribution in [-0.2, 0) is 0 Å². The Bertz CT molecular complexity index is 804. The minimum atomic E-state index is -0.908. The number of thioether (sulfide) groups is 1. The van der Waals surface area contributed by atoms with Gasteiger partial charge < -0.3 is 9.84 Å². The molecule has 4 heteroatoms. The number of fused-ring (bicyclic) bond motifs is 1. The molecule has 24 heavy (non-hydrogen) atoms. The zero-order chi connectivity index (χ0) is 17.3. The molecule has 3 rings (SSSR count). The smallest absolute Gasteiger partial charge is 0.335 e. The summed E-state index contributed by atoms with van der Waals surface area (Å²) in [6, 6.07) is 13.2. The maximum Gasteiger partial charge on any atom is 0.335 e. The second kappa shape index (κ2) is 6.36. The van der Waals surface area contributed by atoms with Gasteiger partial charge in [-0.05, 0) is 61.7 Å². The second-order valence-electron chi connectivity index (χ2n) is 6.57. The predicted octanol–water partition coefficient (Wildman–Crippen LogP) is 5.21. The highest BCUT2D eigenvalue weighted by Crippen LogP contribution is 2.43. The van der Waals surface area contributed by atoms with Crippen LogP contribution in [0.5, 0.6) is 5.75 Å². The van der Waals surface area contributed by atoms with Crippen molar-refractivity contribution in [2.75, 3.05) is 6.61 Å². The number of rotatable bonds is 3. The van der Waals surface area contributed by atoms with Crippen molar-refractivity contribution in [1.82, 2.24) is 0 Å². The van der Waals surface area contributed by atoms with Gasteiger partial charge in [0, 0.05) is 4.75 Å². The van der Waals surface area contributed by atoms with E-state index in [0.717, 1.165) is 22.4 Å². The molecule has 124 valence electrons. The third kappa shape index (κ3) is 3.65. The lowest BCUT2D eigenvalue weighted by molar-refractivity contribution is 0.0697. The second-order valence-corrected chi connectivity index (χ2v) is 8.32. The standard InChI is InChI=1S/C20H20O3S/c1-13(10-14-4-6-15(7-5-14)19(21)22)16-8-9-18-17(11-16)23-12-20(2,3)24-18/h4-11H,12H2,1-3H3,(H,21,22)/b13-10+. The summed E-state index contributed by atoms with van der Waals surface area (Å²) in [6.45, 7) is 7.11. The number of aromatic carboxylic acids is 1. The summed E-state index contributed by atoms with van der Waals surface area (Å²) in [7, 11) is 0. The van der Waals surface area contributed by atoms with Crippen molar-refractivity contribution in [3.63, 3.8) is 0 Å². The Morgan fingerprint density at radius 1 is 1.17 bits per heavy atom. The van der Waals surface area contributed by atoms with Gasteiger partial charge in [0.15, 0.2) is 0 Å². The van der Waals surface area contributed by atoms with Gasteiger partial charge in [-0.15, -0.1) is 11.8 Å². The summed E-state index contributed by atoms with van der Waals surface area (Å²) in [5, 5.41) is 8.95. The predicted molar refractivity (Wildman–Crippen MR) is 98.8 cm³/mol. The highest BCUT2D eigenvalue weighted by atomic mass is 32.2. The van der Waals surface area contributed by atoms with Crippen molar-refractivity contribution in [2.45, 2.75) is 30.4 Å². The van der Waals surface area contributed by atoms with Crippen LogP contribution in [0.2, 0.25) is 0 Å². The van der Waals surface area contributed by atoms with Gasteiger partial charge in [0.05, 0.1) is 10.5 Å². The van der Waals surface area contributed by atoms with Crippen molar-refractivity contribution in [2.24, 2.45) is 0 Å². The third-order valence-corrected chi connectivity index (χ3v) is 5.13. The highest BCUT2D eigenvalue weighted by molar-refractivity contribution is 8.00. The first kappa shape index (κ1) is 16.7. The number of benzene rings is 2. The molecule has 0 unspecified atom stereocenters. The maximum atomic E-state index is 10.9. The molecule has 1 aliphatic heterocycles. The molecule has 0 bridgehead atoms. The third-order valence-electron chi connectivity index (χ3n) is 3.90. The van der Waals surface area contributed by atoms with Crippen molar-refractivity contribution >= 4 is 29.4 Å². The number of hydrogen-bond donors (Lipinski definition) is 1. The number of allylic oxidation sites excluding steroid dienone is 1. The van der Waals surface area contributed by atoms with Crippen LogP contribution in [0.3, 0.4) is 0 Å². The molecule has 0 fully saturated rings. The van der Waals surface area contributed by atoms with E-state index in [0.29, 0.717) is 12.2 Å². The van der Waals surface area contributed by atoms with Gasteiger partial charge in [-0.3, -0.25) is 0 Å². The van der Waals surface area contributed by atoms with E-state index in [9.17, 15) is 4.79 Å². The topological polar surface area (TPSA) is 46.5 Å². The Morgan fingerprint density at radius 2 is 1.83 bits per heavy atom. The summed E-state index contributed by atoms with van der Waals surface area (Å²) >= 11 is 1.84. The molecular weight excluding hydrogens is 320 g/mol.